The predicted molar refractivity (Wildman–Crippen MR) is 79.9 cm³/mol. The Morgan fingerprint density at radius 3 is 2.05 bits per heavy atom. The van der Waals surface area contributed by atoms with Crippen LogP contribution < -0.4 is 0 Å². The van der Waals surface area contributed by atoms with Gasteiger partial charge in [0.05, 0.1) is 13.2 Å². The smallest absolute Gasteiger partial charge is 0.246 e. The van der Waals surface area contributed by atoms with E-state index in [1.54, 1.807) is 12.1 Å². The Bertz CT molecular complexity index is 508. The summed E-state index contributed by atoms with van der Waals surface area (Å²) in [6.45, 7) is 5.79. The van der Waals surface area contributed by atoms with Crippen LogP contribution in [0.25, 0.3) is 0 Å². The number of hydrogen-bond acceptors (Lipinski definition) is 5. The second-order valence-electron chi connectivity index (χ2n) is 4.27. The predicted octanol–water partition coefficient (Wildman–Crippen LogP) is 1.46. The van der Waals surface area contributed by atoms with Crippen LogP contribution in [0.15, 0.2) is 29.2 Å². The largest absolute Gasteiger partial charge is 0.507 e. The summed E-state index contributed by atoms with van der Waals surface area (Å²) >= 11 is 0. The maximum atomic E-state index is 12.6. The Balaban J connectivity index is 2.90. The fourth-order valence-corrected chi connectivity index (χ4v) is 3.28. The van der Waals surface area contributed by atoms with Crippen molar-refractivity contribution in [2.75, 3.05) is 39.5 Å². The molecule has 0 saturated heterocycles. The van der Waals surface area contributed by atoms with Crippen LogP contribution in [0.2, 0.25) is 0 Å². The minimum absolute atomic E-state index is 0.0991. The summed E-state index contributed by atoms with van der Waals surface area (Å²) in [5.41, 5.74) is 0. The van der Waals surface area contributed by atoms with Crippen LogP contribution in [0.1, 0.15) is 13.8 Å². The van der Waals surface area contributed by atoms with Crippen LogP contribution in [0.5, 0.6) is 5.75 Å². The Morgan fingerprint density at radius 2 is 1.57 bits per heavy atom. The summed E-state index contributed by atoms with van der Waals surface area (Å²) in [6.07, 6.45) is 0. The van der Waals surface area contributed by atoms with Crippen LogP contribution in [-0.4, -0.2) is 57.3 Å². The summed E-state index contributed by atoms with van der Waals surface area (Å²) in [7, 11) is -3.77. The van der Waals surface area contributed by atoms with Crippen LogP contribution in [0, 0.1) is 0 Å². The molecule has 1 N–H and O–H groups in total. The Kier molecular flexibility index (Phi) is 7.66. The van der Waals surface area contributed by atoms with Crippen molar-refractivity contribution >= 4 is 10.0 Å². The lowest BCUT2D eigenvalue weighted by molar-refractivity contribution is 0.110. The van der Waals surface area contributed by atoms with Crippen molar-refractivity contribution < 1.29 is 23.0 Å². The molecule has 0 fully saturated rings. The van der Waals surface area contributed by atoms with E-state index >= 15 is 0 Å². The van der Waals surface area contributed by atoms with E-state index in [2.05, 4.69) is 0 Å². The van der Waals surface area contributed by atoms with Crippen molar-refractivity contribution in [1.82, 2.24) is 4.31 Å². The lowest BCUT2D eigenvalue weighted by Crippen LogP contribution is -2.36. The van der Waals surface area contributed by atoms with E-state index in [1.165, 1.54) is 16.4 Å². The van der Waals surface area contributed by atoms with Crippen LogP contribution in [-0.2, 0) is 19.5 Å². The minimum Gasteiger partial charge on any atom is -0.507 e. The van der Waals surface area contributed by atoms with Crippen LogP contribution in [0.4, 0.5) is 0 Å². The van der Waals surface area contributed by atoms with Gasteiger partial charge in [-0.2, -0.15) is 4.31 Å². The molecule has 0 aliphatic carbocycles. The highest BCUT2D eigenvalue weighted by Gasteiger charge is 2.26. The number of ether oxygens (including phenoxy) is 2. The zero-order chi connectivity index (χ0) is 15.7. The average molecular weight is 317 g/mol. The first-order chi connectivity index (χ1) is 10.0. The van der Waals surface area contributed by atoms with Gasteiger partial charge in [-0.3, -0.25) is 0 Å². The van der Waals surface area contributed by atoms with Crippen molar-refractivity contribution in [3.63, 3.8) is 0 Å². The molecule has 0 unspecified atom stereocenters. The number of nitrogens with zero attached hydrogens (tertiary/aromatic N) is 1. The van der Waals surface area contributed by atoms with Gasteiger partial charge in [0, 0.05) is 26.3 Å². The monoisotopic (exact) mass is 317 g/mol. The molecule has 0 aliphatic rings. The molecule has 1 rings (SSSR count). The number of para-hydroxylation sites is 1. The van der Waals surface area contributed by atoms with Crippen molar-refractivity contribution in [2.45, 2.75) is 18.7 Å². The minimum atomic E-state index is -3.77. The van der Waals surface area contributed by atoms with E-state index in [4.69, 9.17) is 9.47 Å². The van der Waals surface area contributed by atoms with Crippen molar-refractivity contribution in [3.8, 4) is 5.75 Å². The van der Waals surface area contributed by atoms with E-state index in [1.807, 2.05) is 13.8 Å². The molecule has 21 heavy (non-hydrogen) atoms. The number of aromatic hydroxyl groups is 1. The van der Waals surface area contributed by atoms with Crippen molar-refractivity contribution in [1.29, 1.82) is 0 Å². The zero-order valence-electron chi connectivity index (χ0n) is 12.5. The van der Waals surface area contributed by atoms with Gasteiger partial charge in [-0.05, 0) is 26.0 Å². The van der Waals surface area contributed by atoms with Crippen LogP contribution >= 0.6 is 0 Å². The Labute approximate surface area is 126 Å². The fraction of sp³-hybridized carbons (Fsp3) is 0.571. The van der Waals surface area contributed by atoms with Crippen molar-refractivity contribution in [3.05, 3.63) is 24.3 Å². The molecular weight excluding hydrogens is 294 g/mol. The molecule has 6 nitrogen and oxygen atoms in total. The molecule has 1 aromatic carbocycles. The van der Waals surface area contributed by atoms with Gasteiger partial charge in [0.2, 0.25) is 10.0 Å². The van der Waals surface area contributed by atoms with Crippen LogP contribution in [0.3, 0.4) is 0 Å². The molecule has 7 heteroatoms. The topological polar surface area (TPSA) is 76.1 Å². The summed E-state index contributed by atoms with van der Waals surface area (Å²) < 4.78 is 36.9. The summed E-state index contributed by atoms with van der Waals surface area (Å²) in [5.74, 6) is -0.254. The normalized spacial score (nSPS) is 12.0. The highest BCUT2D eigenvalue weighted by Crippen LogP contribution is 2.24. The molecule has 0 atom stereocenters. The van der Waals surface area contributed by atoms with E-state index < -0.39 is 10.0 Å². The van der Waals surface area contributed by atoms with Gasteiger partial charge in [-0.25, -0.2) is 8.42 Å². The molecule has 0 spiro atoms. The van der Waals surface area contributed by atoms with E-state index in [0.717, 1.165) is 0 Å². The number of benzene rings is 1. The van der Waals surface area contributed by atoms with Gasteiger partial charge in [-0.15, -0.1) is 0 Å². The highest BCUT2D eigenvalue weighted by molar-refractivity contribution is 7.89. The molecule has 0 saturated carbocycles. The molecule has 0 heterocycles. The number of phenolic OH excluding ortho intramolecular Hbond substituents is 1. The highest BCUT2D eigenvalue weighted by atomic mass is 32.2. The molecule has 0 amide bonds. The Hall–Kier alpha value is -1.15. The van der Waals surface area contributed by atoms with Gasteiger partial charge >= 0.3 is 0 Å². The second-order valence-corrected chi connectivity index (χ2v) is 6.17. The summed E-state index contributed by atoms with van der Waals surface area (Å²) in [4.78, 5) is -0.0991. The van der Waals surface area contributed by atoms with Gasteiger partial charge < -0.3 is 14.6 Å². The first kappa shape index (κ1) is 17.9. The number of sulfonamides is 1. The third-order valence-corrected chi connectivity index (χ3v) is 4.81. The molecule has 120 valence electrons. The standard InChI is InChI=1S/C14H23NO5S/c1-3-19-11-9-15(10-12-20-4-2)21(17,18)14-8-6-5-7-13(14)16/h5-8,16H,3-4,9-12H2,1-2H3. The van der Waals surface area contributed by atoms with Crippen molar-refractivity contribution in [2.24, 2.45) is 0 Å². The zero-order valence-corrected chi connectivity index (χ0v) is 13.3. The summed E-state index contributed by atoms with van der Waals surface area (Å²) in [5, 5.41) is 9.77. The van der Waals surface area contributed by atoms with Gasteiger partial charge in [0.15, 0.2) is 0 Å². The van der Waals surface area contributed by atoms with Gasteiger partial charge in [0.25, 0.3) is 0 Å². The molecule has 1 aromatic rings. The maximum absolute atomic E-state index is 12.6. The van der Waals surface area contributed by atoms with Gasteiger partial charge in [0.1, 0.15) is 10.6 Å². The Morgan fingerprint density at radius 1 is 1.05 bits per heavy atom. The van der Waals surface area contributed by atoms with E-state index in [0.29, 0.717) is 26.4 Å². The van der Waals surface area contributed by atoms with E-state index in [9.17, 15) is 13.5 Å². The first-order valence-electron chi connectivity index (χ1n) is 6.97. The molecule has 0 radical (unpaired) electrons. The molecule has 0 aliphatic heterocycles. The molecule has 0 bridgehead atoms. The third-order valence-electron chi connectivity index (χ3n) is 2.86. The average Bonchev–Trinajstić information content (AvgIpc) is 2.46. The fourth-order valence-electron chi connectivity index (χ4n) is 1.79. The quantitative estimate of drug-likeness (QED) is 0.661. The van der Waals surface area contributed by atoms with Gasteiger partial charge in [-0.1, -0.05) is 12.1 Å². The maximum Gasteiger partial charge on any atom is 0.246 e. The summed E-state index contributed by atoms with van der Waals surface area (Å²) in [6, 6.07) is 5.91. The van der Waals surface area contributed by atoms with E-state index in [-0.39, 0.29) is 23.7 Å². The number of hydrogen-bond donors (Lipinski definition) is 1. The lowest BCUT2D eigenvalue weighted by Gasteiger charge is -2.22. The second kappa shape index (κ2) is 8.99. The SMILES string of the molecule is CCOCCN(CCOCC)S(=O)(=O)c1ccccc1O. The molecular formula is C14H23NO5S. The lowest BCUT2D eigenvalue weighted by atomic mass is 10.3. The first-order valence-corrected chi connectivity index (χ1v) is 8.41. The molecule has 0 aromatic heterocycles. The third kappa shape index (κ3) is 5.28. The number of phenols is 1. The number of rotatable bonds is 10.